The zero-order valence-electron chi connectivity index (χ0n) is 23.0. The number of benzene rings is 2. The van der Waals surface area contributed by atoms with E-state index < -0.39 is 15.9 Å². The molecule has 0 fully saturated rings. The third-order valence-electron chi connectivity index (χ3n) is 5.98. The van der Waals surface area contributed by atoms with Crippen LogP contribution in [0, 0.1) is 0 Å². The fourth-order valence-corrected chi connectivity index (χ4v) is 4.53. The van der Waals surface area contributed by atoms with Crippen LogP contribution in [0.5, 0.6) is 0 Å². The maximum Gasteiger partial charge on any atom is 0.232 e. The van der Waals surface area contributed by atoms with Crippen molar-refractivity contribution < 1.29 is 22.1 Å². The van der Waals surface area contributed by atoms with Crippen LogP contribution >= 0.6 is 0 Å². The highest BCUT2D eigenvalue weighted by Gasteiger charge is 2.21. The van der Waals surface area contributed by atoms with Crippen LogP contribution in [0.1, 0.15) is 64.6 Å². The number of allylic oxidation sites excluding steroid dienone is 1. The minimum absolute atomic E-state index is 0.0161. The van der Waals surface area contributed by atoms with Crippen molar-refractivity contribution in [3.8, 4) is 11.1 Å². The molecule has 0 atom stereocenters. The van der Waals surface area contributed by atoms with E-state index in [-0.39, 0.29) is 24.2 Å². The van der Waals surface area contributed by atoms with Gasteiger partial charge in [-0.05, 0) is 48.2 Å². The highest BCUT2D eigenvalue weighted by molar-refractivity contribution is 7.92. The number of rotatable bonds is 13. The van der Waals surface area contributed by atoms with Crippen molar-refractivity contribution in [2.24, 2.45) is 0 Å². The molecule has 0 aliphatic carbocycles. The van der Waals surface area contributed by atoms with Crippen molar-refractivity contribution in [2.75, 3.05) is 22.4 Å². The van der Waals surface area contributed by atoms with Crippen molar-refractivity contribution in [1.82, 2.24) is 10.1 Å². The molecule has 3 aromatic rings. The Hall–Kier alpha value is -3.53. The Bertz CT molecular complexity index is 1380. The molecule has 0 saturated carbocycles. The lowest BCUT2D eigenvalue weighted by atomic mass is 9.97. The highest BCUT2D eigenvalue weighted by atomic mass is 32.2. The zero-order chi connectivity index (χ0) is 28.6. The predicted molar refractivity (Wildman–Crippen MR) is 153 cm³/mol. The van der Waals surface area contributed by atoms with E-state index in [0.29, 0.717) is 36.1 Å². The molecule has 3 rings (SSSR count). The third-order valence-corrected chi connectivity index (χ3v) is 6.59. The lowest BCUT2D eigenvalue weighted by Crippen LogP contribution is -2.31. The Labute approximate surface area is 230 Å². The van der Waals surface area contributed by atoms with E-state index in [4.69, 9.17) is 4.52 Å². The molecule has 1 N–H and O–H groups in total. The Morgan fingerprint density at radius 2 is 1.77 bits per heavy atom. The molecule has 2 aromatic carbocycles. The number of nitrogens with one attached hydrogen (secondary N) is 1. The molecule has 39 heavy (non-hydrogen) atoms. The number of carbonyl (C=O) groups is 1. The van der Waals surface area contributed by atoms with Crippen LogP contribution < -0.4 is 9.62 Å². The number of carbonyl (C=O) groups excluding carboxylic acids is 1. The summed E-state index contributed by atoms with van der Waals surface area (Å²) in [6, 6.07) is 14.6. The van der Waals surface area contributed by atoms with Gasteiger partial charge in [0.05, 0.1) is 12.1 Å². The molecule has 0 aliphatic heterocycles. The molecule has 8 nitrogen and oxygen atoms in total. The van der Waals surface area contributed by atoms with E-state index in [0.717, 1.165) is 36.6 Å². The van der Waals surface area contributed by atoms with Gasteiger partial charge in [-0.3, -0.25) is 9.52 Å². The molecule has 1 amide bonds. The first-order valence-corrected chi connectivity index (χ1v) is 14.9. The van der Waals surface area contributed by atoms with Crippen LogP contribution in [0.15, 0.2) is 65.5 Å². The smallest absolute Gasteiger partial charge is 0.232 e. The average Bonchev–Trinajstić information content (AvgIpc) is 3.34. The van der Waals surface area contributed by atoms with Gasteiger partial charge in [-0.25, -0.2) is 12.8 Å². The van der Waals surface area contributed by atoms with Crippen LogP contribution in [-0.2, 0) is 26.7 Å². The van der Waals surface area contributed by atoms with E-state index in [1.165, 1.54) is 0 Å². The third kappa shape index (κ3) is 9.62. The summed E-state index contributed by atoms with van der Waals surface area (Å²) in [4.78, 5) is 19.2. The van der Waals surface area contributed by atoms with E-state index in [9.17, 15) is 17.6 Å². The van der Waals surface area contributed by atoms with Gasteiger partial charge in [0.1, 0.15) is 0 Å². The van der Waals surface area contributed by atoms with E-state index in [1.807, 2.05) is 57.2 Å². The molecule has 1 aromatic heterocycles. The number of aryl methyl sites for hydroxylation is 1. The van der Waals surface area contributed by atoms with Crippen LogP contribution in [0.4, 0.5) is 15.8 Å². The first-order chi connectivity index (χ1) is 18.3. The molecular weight excluding hydrogens is 519 g/mol. The Morgan fingerprint density at radius 1 is 1.05 bits per heavy atom. The Kier molecular flexibility index (Phi) is 10.0. The summed E-state index contributed by atoms with van der Waals surface area (Å²) < 4.78 is 44.1. The van der Waals surface area contributed by atoms with Crippen molar-refractivity contribution >= 4 is 27.3 Å². The molecule has 10 heteroatoms. The van der Waals surface area contributed by atoms with Gasteiger partial charge >= 0.3 is 0 Å². The summed E-state index contributed by atoms with van der Waals surface area (Å²) in [5, 5.41) is 4.07. The Balaban J connectivity index is 1.68. The van der Waals surface area contributed by atoms with Gasteiger partial charge in [-0.2, -0.15) is 4.98 Å². The molecule has 0 spiro atoms. The number of hydrogen-bond acceptors (Lipinski definition) is 6. The van der Waals surface area contributed by atoms with Crippen molar-refractivity contribution in [3.05, 3.63) is 72.7 Å². The summed E-state index contributed by atoms with van der Waals surface area (Å²) in [7, 11) is -3.37. The van der Waals surface area contributed by atoms with Gasteiger partial charge in [-0.1, -0.05) is 63.2 Å². The summed E-state index contributed by atoms with van der Waals surface area (Å²) in [6.45, 7) is 9.83. The van der Waals surface area contributed by atoms with Gasteiger partial charge < -0.3 is 9.42 Å². The van der Waals surface area contributed by atoms with Gasteiger partial charge in [0.15, 0.2) is 5.82 Å². The molecule has 0 aliphatic rings. The normalized spacial score (nSPS) is 11.8. The number of sulfonamides is 1. The lowest BCUT2D eigenvalue weighted by Gasteiger charge is -2.24. The first kappa shape index (κ1) is 30.0. The SMILES string of the molecule is C=C(F)CCC(=O)N(CCCCCc1noc(C(C)(C)C)n1)c1cccc(-c2ccc(NS(C)(=O)=O)cc2)c1. The second-order valence-corrected chi connectivity index (χ2v) is 12.4. The standard InChI is InChI=1S/C29H37FN4O4S/c1-21(30)13-18-27(35)34(19-8-6-7-12-26-31-28(38-32-26)29(2,3)4)25-11-9-10-23(20-25)22-14-16-24(17-15-22)33-39(5,36)37/h9-11,14-17,20,33H,1,6-8,12-13,18-19H2,2-5H3. The predicted octanol–water partition coefficient (Wildman–Crippen LogP) is 6.42. The molecule has 0 saturated heterocycles. The number of anilines is 2. The van der Waals surface area contributed by atoms with Crippen molar-refractivity contribution in [1.29, 1.82) is 0 Å². The van der Waals surface area contributed by atoms with Gasteiger partial charge in [0.25, 0.3) is 0 Å². The minimum Gasteiger partial charge on any atom is -0.339 e. The summed E-state index contributed by atoms with van der Waals surface area (Å²) in [6.07, 6.45) is 4.26. The second kappa shape index (κ2) is 13.0. The fourth-order valence-electron chi connectivity index (χ4n) is 3.96. The van der Waals surface area contributed by atoms with Gasteiger partial charge in [0, 0.05) is 42.6 Å². The summed E-state index contributed by atoms with van der Waals surface area (Å²) in [5.41, 5.74) is 2.73. The molecule has 0 unspecified atom stereocenters. The fraction of sp³-hybridized carbons (Fsp3) is 0.414. The topological polar surface area (TPSA) is 105 Å². The number of amides is 1. The first-order valence-electron chi connectivity index (χ1n) is 13.0. The maximum absolute atomic E-state index is 13.3. The van der Waals surface area contributed by atoms with Crippen LogP contribution in [0.3, 0.4) is 0 Å². The second-order valence-electron chi connectivity index (χ2n) is 10.6. The number of unbranched alkanes of at least 4 members (excludes halogenated alkanes) is 2. The number of nitrogens with zero attached hydrogens (tertiary/aromatic N) is 3. The van der Waals surface area contributed by atoms with E-state index in [2.05, 4.69) is 21.4 Å². The molecule has 0 bridgehead atoms. The number of hydrogen-bond donors (Lipinski definition) is 1. The molecular formula is C29H37FN4O4S. The van der Waals surface area contributed by atoms with Crippen LogP contribution in [0.25, 0.3) is 11.1 Å². The van der Waals surface area contributed by atoms with Gasteiger partial charge in [-0.15, -0.1) is 0 Å². The summed E-state index contributed by atoms with van der Waals surface area (Å²) >= 11 is 0. The largest absolute Gasteiger partial charge is 0.339 e. The minimum atomic E-state index is -3.37. The molecule has 1 heterocycles. The van der Waals surface area contributed by atoms with Crippen molar-refractivity contribution in [3.63, 3.8) is 0 Å². The Morgan fingerprint density at radius 3 is 2.38 bits per heavy atom. The molecule has 0 radical (unpaired) electrons. The van der Waals surface area contributed by atoms with Gasteiger partial charge in [0.2, 0.25) is 21.8 Å². The van der Waals surface area contributed by atoms with Crippen LogP contribution in [-0.4, -0.2) is 37.3 Å². The van der Waals surface area contributed by atoms with E-state index in [1.54, 1.807) is 17.0 Å². The lowest BCUT2D eigenvalue weighted by molar-refractivity contribution is -0.118. The number of halogens is 1. The quantitative estimate of drug-likeness (QED) is 0.244. The summed E-state index contributed by atoms with van der Waals surface area (Å²) in [5.74, 6) is 0.603. The van der Waals surface area contributed by atoms with E-state index >= 15 is 0 Å². The number of aromatic nitrogens is 2. The van der Waals surface area contributed by atoms with Crippen molar-refractivity contribution in [2.45, 2.75) is 64.7 Å². The zero-order valence-corrected chi connectivity index (χ0v) is 23.9. The monoisotopic (exact) mass is 556 g/mol. The maximum atomic E-state index is 13.3. The highest BCUT2D eigenvalue weighted by Crippen LogP contribution is 2.27. The molecule has 210 valence electrons. The average molecular weight is 557 g/mol. The van der Waals surface area contributed by atoms with Crippen LogP contribution in [0.2, 0.25) is 0 Å².